The molecule has 0 aromatic heterocycles. The van der Waals surface area contributed by atoms with Crippen LogP contribution in [0.5, 0.6) is 0 Å². The van der Waals surface area contributed by atoms with Crippen LogP contribution in [0.4, 0.5) is 0 Å². The Balaban J connectivity index is 2.87. The lowest BCUT2D eigenvalue weighted by Gasteiger charge is -2.05. The molecule has 70 valence electrons. The lowest BCUT2D eigenvalue weighted by molar-refractivity contribution is 1.59. The molecule has 2 heteroatoms. The zero-order valence-electron chi connectivity index (χ0n) is 12.0. The molecule has 0 saturated carbocycles. The Morgan fingerprint density at radius 3 is 2.57 bits per heavy atom. The van der Waals surface area contributed by atoms with Gasteiger partial charge in [-0.05, 0) is 27.6 Å². The highest BCUT2D eigenvalue weighted by molar-refractivity contribution is 9.10. The van der Waals surface area contributed by atoms with Gasteiger partial charge < -0.3 is 0 Å². The summed E-state index contributed by atoms with van der Waals surface area (Å²) in [6, 6.07) is 3.38. The Morgan fingerprint density at radius 1 is 1.14 bits per heavy atom. The van der Waals surface area contributed by atoms with Gasteiger partial charge in [-0.2, -0.15) is 0 Å². The SMILES string of the molecule is [2H]c1c([2H])c([2H])c(-c2cccc(Br)c2Cl)c([2H])c1[2H]. The summed E-state index contributed by atoms with van der Waals surface area (Å²) in [6.45, 7) is 0. The molecule has 0 fully saturated rings. The van der Waals surface area contributed by atoms with E-state index in [9.17, 15) is 0 Å². The molecule has 0 amide bonds. The van der Waals surface area contributed by atoms with Gasteiger partial charge in [0.2, 0.25) is 0 Å². The van der Waals surface area contributed by atoms with Crippen molar-refractivity contribution in [3.63, 3.8) is 0 Å². The molecule has 0 aliphatic carbocycles. The van der Waals surface area contributed by atoms with E-state index in [1.807, 2.05) is 0 Å². The molecule has 0 nitrogen and oxygen atoms in total. The number of hydrogen-bond acceptors (Lipinski definition) is 0. The van der Waals surface area contributed by atoms with E-state index in [-0.39, 0.29) is 29.7 Å². The standard InChI is InChI=1S/C12H8BrCl/c13-11-8-4-7-10(12(11)14)9-5-2-1-3-6-9/h1-8H/i1D,2D,3D,5D,6D. The first kappa shape index (κ1) is 5.34. The summed E-state index contributed by atoms with van der Waals surface area (Å²) >= 11 is 9.39. The quantitative estimate of drug-likeness (QED) is 0.701. The lowest BCUT2D eigenvalue weighted by Crippen LogP contribution is -1.79. The Morgan fingerprint density at radius 2 is 1.86 bits per heavy atom. The number of rotatable bonds is 1. The summed E-state index contributed by atoms with van der Waals surface area (Å²) in [5.41, 5.74) is 0.519. The van der Waals surface area contributed by atoms with Gasteiger partial charge in [0.25, 0.3) is 0 Å². The summed E-state index contributed by atoms with van der Waals surface area (Å²) in [6.07, 6.45) is 0. The highest BCUT2D eigenvalue weighted by atomic mass is 79.9. The van der Waals surface area contributed by atoms with E-state index in [1.165, 1.54) is 0 Å². The molecule has 0 aliphatic rings. The average Bonchev–Trinajstić information content (AvgIpc) is 2.39. The van der Waals surface area contributed by atoms with Crippen LogP contribution >= 0.6 is 27.5 Å². The number of hydrogen-bond donors (Lipinski definition) is 0. The van der Waals surface area contributed by atoms with Gasteiger partial charge in [0.05, 0.1) is 11.9 Å². The van der Waals surface area contributed by atoms with E-state index < -0.39 is 6.04 Å². The maximum Gasteiger partial charge on any atom is 0.0629 e. The third kappa shape index (κ3) is 1.84. The van der Waals surface area contributed by atoms with Gasteiger partial charge in [-0.3, -0.25) is 0 Å². The highest BCUT2D eigenvalue weighted by Gasteiger charge is 2.04. The van der Waals surface area contributed by atoms with Crippen molar-refractivity contribution in [3.8, 4) is 11.1 Å². The Bertz CT molecular complexity index is 643. The second-order valence-electron chi connectivity index (χ2n) is 2.60. The molecular weight excluding hydrogens is 259 g/mol. The molecule has 0 N–H and O–H groups in total. The number of benzene rings is 2. The van der Waals surface area contributed by atoms with Gasteiger partial charge in [0.1, 0.15) is 0 Å². The molecule has 0 radical (unpaired) electrons. The van der Waals surface area contributed by atoms with Crippen LogP contribution in [0.1, 0.15) is 6.85 Å². The zero-order valence-corrected chi connectivity index (χ0v) is 9.33. The van der Waals surface area contributed by atoms with Crippen LogP contribution < -0.4 is 0 Å². The fourth-order valence-corrected chi connectivity index (χ4v) is 1.67. The second kappa shape index (κ2) is 4.16. The van der Waals surface area contributed by atoms with Crippen LogP contribution in [-0.4, -0.2) is 0 Å². The molecule has 0 bridgehead atoms. The van der Waals surface area contributed by atoms with Crippen LogP contribution in [0.25, 0.3) is 11.1 Å². The summed E-state index contributed by atoms with van der Waals surface area (Å²) in [4.78, 5) is 0. The van der Waals surface area contributed by atoms with Crippen LogP contribution in [0, 0.1) is 0 Å². The highest BCUT2D eigenvalue weighted by Crippen LogP contribution is 2.33. The molecule has 2 rings (SSSR count). The van der Waals surface area contributed by atoms with E-state index in [2.05, 4.69) is 15.9 Å². The molecule has 2 aromatic carbocycles. The van der Waals surface area contributed by atoms with Gasteiger partial charge in [-0.25, -0.2) is 0 Å². The third-order valence-corrected chi connectivity index (χ3v) is 3.02. The van der Waals surface area contributed by atoms with Gasteiger partial charge in [-0.1, -0.05) is 53.9 Å². The van der Waals surface area contributed by atoms with Gasteiger partial charge in [0.15, 0.2) is 0 Å². The topological polar surface area (TPSA) is 0 Å². The van der Waals surface area contributed by atoms with E-state index in [4.69, 9.17) is 18.5 Å². The van der Waals surface area contributed by atoms with Crippen LogP contribution in [0.2, 0.25) is 5.02 Å². The predicted octanol–water partition coefficient (Wildman–Crippen LogP) is 4.77. The predicted molar refractivity (Wildman–Crippen MR) is 64.6 cm³/mol. The van der Waals surface area contributed by atoms with Crippen molar-refractivity contribution in [2.45, 2.75) is 0 Å². The van der Waals surface area contributed by atoms with Crippen LogP contribution in [-0.2, 0) is 0 Å². The molecule has 0 spiro atoms. The summed E-state index contributed by atoms with van der Waals surface area (Å²) in [7, 11) is 0. The minimum absolute atomic E-state index is 0.109. The fraction of sp³-hybridized carbons (Fsp3) is 0. The molecule has 0 saturated heterocycles. The maximum absolute atomic E-state index is 7.89. The lowest BCUT2D eigenvalue weighted by atomic mass is 10.1. The molecule has 0 atom stereocenters. The van der Waals surface area contributed by atoms with E-state index >= 15 is 0 Å². The van der Waals surface area contributed by atoms with E-state index in [0.29, 0.717) is 15.1 Å². The maximum atomic E-state index is 7.89. The van der Waals surface area contributed by atoms with E-state index in [0.717, 1.165) is 0 Å². The van der Waals surface area contributed by atoms with Gasteiger partial charge >= 0.3 is 0 Å². The van der Waals surface area contributed by atoms with Crippen molar-refractivity contribution in [2.75, 3.05) is 0 Å². The van der Waals surface area contributed by atoms with Crippen molar-refractivity contribution in [1.29, 1.82) is 0 Å². The van der Waals surface area contributed by atoms with Crippen molar-refractivity contribution < 1.29 is 6.85 Å². The molecule has 0 aliphatic heterocycles. The second-order valence-corrected chi connectivity index (χ2v) is 3.83. The molecule has 0 heterocycles. The van der Waals surface area contributed by atoms with Crippen LogP contribution in [0.15, 0.2) is 52.9 Å². The summed E-state index contributed by atoms with van der Waals surface area (Å²) in [5, 5.41) is 0.320. The van der Waals surface area contributed by atoms with Crippen molar-refractivity contribution in [2.24, 2.45) is 0 Å². The van der Waals surface area contributed by atoms with Gasteiger partial charge in [-0.15, -0.1) is 0 Å². The summed E-state index contributed by atoms with van der Waals surface area (Å²) < 4.78 is 39.2. The molecule has 14 heavy (non-hydrogen) atoms. The Kier molecular flexibility index (Phi) is 1.58. The van der Waals surface area contributed by atoms with Crippen molar-refractivity contribution in [3.05, 3.63) is 57.9 Å². The normalized spacial score (nSPS) is 15.1. The smallest absolute Gasteiger partial charge is 0.0629 e. The fourth-order valence-electron chi connectivity index (χ4n) is 1.08. The molecular formula is C12H8BrCl. The minimum Gasteiger partial charge on any atom is -0.0824 e. The van der Waals surface area contributed by atoms with Crippen molar-refractivity contribution >= 4 is 27.5 Å². The summed E-state index contributed by atoms with van der Waals surface area (Å²) in [5.74, 6) is 0. The Labute approximate surface area is 104 Å². The zero-order chi connectivity index (χ0) is 14.3. The van der Waals surface area contributed by atoms with Gasteiger partial charge in [0, 0.05) is 10.0 Å². The van der Waals surface area contributed by atoms with Crippen molar-refractivity contribution in [1.82, 2.24) is 0 Å². The first-order valence-corrected chi connectivity index (χ1v) is 5.04. The monoisotopic (exact) mass is 271 g/mol. The molecule has 2 aromatic rings. The molecule has 0 unspecified atom stereocenters. The van der Waals surface area contributed by atoms with E-state index in [1.54, 1.807) is 18.2 Å². The first-order valence-electron chi connectivity index (χ1n) is 6.37. The Hall–Kier alpha value is -0.790. The third-order valence-electron chi connectivity index (χ3n) is 1.72. The number of halogens is 2. The largest absolute Gasteiger partial charge is 0.0824 e. The van der Waals surface area contributed by atoms with Crippen LogP contribution in [0.3, 0.4) is 0 Å². The minimum atomic E-state index is -0.412. The average molecular weight is 273 g/mol. The first-order chi connectivity index (χ1) is 8.86.